The molecule has 0 aliphatic rings. The predicted octanol–water partition coefficient (Wildman–Crippen LogP) is 19.5. The predicted molar refractivity (Wildman–Crippen MR) is 314 cm³/mol. The molecule has 1 amide bonds. The summed E-state index contributed by atoms with van der Waals surface area (Å²) in [5.41, 5.74) is 0. The molecule has 8 nitrogen and oxygen atoms in total. The van der Waals surface area contributed by atoms with E-state index >= 15 is 0 Å². The molecule has 0 aromatic heterocycles. The Bertz CT molecular complexity index is 1220. The fourth-order valence-electron chi connectivity index (χ4n) is 9.69. The molecule has 0 radical (unpaired) electrons. The van der Waals surface area contributed by atoms with Crippen LogP contribution in [0.1, 0.15) is 322 Å². The van der Waals surface area contributed by atoms with E-state index in [2.05, 4.69) is 31.3 Å². The van der Waals surface area contributed by atoms with Crippen LogP contribution in [0.25, 0.3) is 0 Å². The molecule has 3 N–H and O–H groups in total. The van der Waals surface area contributed by atoms with Crippen molar-refractivity contribution in [3.8, 4) is 0 Å². The molecule has 0 aliphatic heterocycles. The van der Waals surface area contributed by atoms with Gasteiger partial charge in [-0.1, -0.05) is 295 Å². The van der Waals surface area contributed by atoms with Gasteiger partial charge in [0, 0.05) is 6.42 Å². The van der Waals surface area contributed by atoms with Gasteiger partial charge in [0.15, 0.2) is 0 Å². The van der Waals surface area contributed by atoms with Crippen LogP contribution in [0.3, 0.4) is 0 Å². The zero-order chi connectivity index (χ0) is 52.7. The molecule has 0 heterocycles. The smallest absolute Gasteiger partial charge is 0.387 e. The molecule has 0 rings (SSSR count). The molecule has 3 atom stereocenters. The minimum absolute atomic E-state index is 0.0639. The third-order valence-corrected chi connectivity index (χ3v) is 15.6. The first-order valence-electron chi connectivity index (χ1n) is 31.7. The number of phosphoric acid groups is 1. The molecule has 0 aromatic carbocycles. The van der Waals surface area contributed by atoms with Crippen LogP contribution < -0.4 is 5.32 Å². The number of likely N-dealkylation sites (N-methyl/N-ethyl adjacent to an activating group) is 1. The first-order chi connectivity index (χ1) is 35.0. The Morgan fingerprint density at radius 2 is 0.750 bits per heavy atom. The van der Waals surface area contributed by atoms with Gasteiger partial charge in [-0.3, -0.25) is 13.8 Å². The van der Waals surface area contributed by atoms with Crippen molar-refractivity contribution in [3.05, 3.63) is 24.3 Å². The lowest BCUT2D eigenvalue weighted by Gasteiger charge is -2.25. The van der Waals surface area contributed by atoms with E-state index in [-0.39, 0.29) is 19.1 Å². The molecule has 9 heteroatoms. The number of quaternary nitrogens is 1. The van der Waals surface area contributed by atoms with Gasteiger partial charge in [0.2, 0.25) is 5.91 Å². The van der Waals surface area contributed by atoms with Crippen molar-refractivity contribution in [2.45, 2.75) is 334 Å². The Balaban J connectivity index is 3.72. The number of nitrogens with one attached hydrogen (secondary N) is 1. The molecule has 0 aliphatic carbocycles. The number of hydrogen-bond donors (Lipinski definition) is 3. The van der Waals surface area contributed by atoms with Crippen LogP contribution in [0.2, 0.25) is 0 Å². The topological polar surface area (TPSA) is 105 Å². The first kappa shape index (κ1) is 71.0. The van der Waals surface area contributed by atoms with Gasteiger partial charge >= 0.3 is 7.82 Å². The second kappa shape index (κ2) is 54.8. The third kappa shape index (κ3) is 56.7. The molecule has 0 fully saturated rings. The average Bonchev–Trinajstić information content (AvgIpc) is 3.34. The molecule has 0 spiro atoms. The van der Waals surface area contributed by atoms with Crippen molar-refractivity contribution >= 4 is 13.7 Å². The Hall–Kier alpha value is -1.02. The van der Waals surface area contributed by atoms with Crippen molar-refractivity contribution < 1.29 is 32.9 Å². The maximum absolute atomic E-state index is 12.9. The van der Waals surface area contributed by atoms with E-state index in [0.29, 0.717) is 17.4 Å². The van der Waals surface area contributed by atoms with E-state index in [1.807, 2.05) is 27.2 Å². The van der Waals surface area contributed by atoms with E-state index in [1.54, 1.807) is 6.08 Å². The summed E-state index contributed by atoms with van der Waals surface area (Å²) < 4.78 is 23.6. The van der Waals surface area contributed by atoms with Gasteiger partial charge in [-0.05, 0) is 44.9 Å². The number of amides is 1. The summed E-state index contributed by atoms with van der Waals surface area (Å²) in [5.74, 6) is -0.173. The summed E-state index contributed by atoms with van der Waals surface area (Å²) >= 11 is 0. The number of aliphatic hydroxyl groups excluding tert-OH is 1. The van der Waals surface area contributed by atoms with Crippen LogP contribution in [-0.4, -0.2) is 73.4 Å². The Morgan fingerprint density at radius 3 is 1.07 bits per heavy atom. The van der Waals surface area contributed by atoms with E-state index in [0.717, 1.165) is 38.5 Å². The highest BCUT2D eigenvalue weighted by Crippen LogP contribution is 2.43. The molecule has 0 bridgehead atoms. The van der Waals surface area contributed by atoms with Gasteiger partial charge in [0.1, 0.15) is 13.2 Å². The summed E-state index contributed by atoms with van der Waals surface area (Å²) in [7, 11) is 1.58. The average molecular weight is 1040 g/mol. The monoisotopic (exact) mass is 1040 g/mol. The second-order valence-corrected chi connectivity index (χ2v) is 24.6. The maximum atomic E-state index is 12.9. The molecular formula is C63H126N2O6P+. The highest BCUT2D eigenvalue weighted by atomic mass is 31.2. The molecular weight excluding hydrogens is 912 g/mol. The lowest BCUT2D eigenvalue weighted by molar-refractivity contribution is -0.870. The van der Waals surface area contributed by atoms with Gasteiger partial charge in [0.25, 0.3) is 0 Å². The van der Waals surface area contributed by atoms with Crippen LogP contribution in [0.4, 0.5) is 0 Å². The highest BCUT2D eigenvalue weighted by Gasteiger charge is 2.28. The third-order valence-electron chi connectivity index (χ3n) is 14.7. The number of unbranched alkanes of at least 4 members (excludes halogenated alkanes) is 44. The lowest BCUT2D eigenvalue weighted by Crippen LogP contribution is -2.45. The van der Waals surface area contributed by atoms with Crippen molar-refractivity contribution in [2.24, 2.45) is 0 Å². The van der Waals surface area contributed by atoms with Crippen LogP contribution in [0.5, 0.6) is 0 Å². The number of aliphatic hydroxyl groups is 1. The largest absolute Gasteiger partial charge is 0.472 e. The van der Waals surface area contributed by atoms with Crippen LogP contribution in [-0.2, 0) is 18.4 Å². The van der Waals surface area contributed by atoms with E-state index < -0.39 is 20.0 Å². The molecule has 0 saturated heterocycles. The van der Waals surface area contributed by atoms with Gasteiger partial charge in [-0.25, -0.2) is 4.57 Å². The quantitative estimate of drug-likeness (QED) is 0.0243. The summed E-state index contributed by atoms with van der Waals surface area (Å²) in [6.45, 7) is 4.81. The zero-order valence-corrected chi connectivity index (χ0v) is 49.8. The van der Waals surface area contributed by atoms with Crippen molar-refractivity contribution in [1.29, 1.82) is 0 Å². The van der Waals surface area contributed by atoms with Crippen molar-refractivity contribution in [3.63, 3.8) is 0 Å². The normalized spacial score (nSPS) is 13.9. The fraction of sp³-hybridized carbons (Fsp3) is 0.921. The van der Waals surface area contributed by atoms with Gasteiger partial charge in [-0.15, -0.1) is 0 Å². The minimum atomic E-state index is -4.33. The Morgan fingerprint density at radius 1 is 0.458 bits per heavy atom. The van der Waals surface area contributed by atoms with Crippen LogP contribution >= 0.6 is 7.82 Å². The number of phosphoric ester groups is 1. The number of rotatable bonds is 59. The van der Waals surface area contributed by atoms with Crippen LogP contribution in [0, 0.1) is 0 Å². The SMILES string of the molecule is CCCCCCCCC/C=C/C(O)C(COP(=O)(O)OCC[N+](C)(C)C)NC(=O)CCCCCCCCCCCCCCCCCCCCCCCCCCCCCCC/C=C\CCCCCCCCCC. The molecule has 0 aromatic rings. The van der Waals surface area contributed by atoms with Gasteiger partial charge < -0.3 is 19.8 Å². The van der Waals surface area contributed by atoms with Crippen molar-refractivity contribution in [2.75, 3.05) is 40.9 Å². The van der Waals surface area contributed by atoms with Gasteiger partial charge in [-0.2, -0.15) is 0 Å². The molecule has 3 unspecified atom stereocenters. The molecule has 428 valence electrons. The summed E-state index contributed by atoms with van der Waals surface area (Å²) in [6.07, 6.45) is 70.7. The Labute approximate surface area is 449 Å². The zero-order valence-electron chi connectivity index (χ0n) is 48.9. The van der Waals surface area contributed by atoms with E-state index in [9.17, 15) is 19.4 Å². The maximum Gasteiger partial charge on any atom is 0.472 e. The summed E-state index contributed by atoms with van der Waals surface area (Å²) in [6, 6.07) is -0.841. The number of hydrogen-bond acceptors (Lipinski definition) is 5. The summed E-state index contributed by atoms with van der Waals surface area (Å²) in [5, 5.41) is 13.8. The van der Waals surface area contributed by atoms with E-state index in [1.165, 1.54) is 263 Å². The van der Waals surface area contributed by atoms with Gasteiger partial charge in [0.05, 0.1) is 39.9 Å². The highest BCUT2D eigenvalue weighted by molar-refractivity contribution is 7.47. The standard InChI is InChI=1S/C63H125N2O6P/c1-6-8-10-12-14-16-17-18-19-20-21-22-23-24-25-26-27-28-29-30-31-32-33-34-35-36-37-38-39-40-41-42-43-44-45-46-47-49-51-53-55-57-63(67)64-61(60-71-72(68,69)70-59-58-65(3,4)5)62(66)56-54-52-50-48-15-13-11-9-7-2/h20-21,54,56,61-62,66H,6-19,22-53,55,57-60H2,1-5H3,(H-,64,67,68,69)/p+1/b21-20-,56-54+. The van der Waals surface area contributed by atoms with Crippen molar-refractivity contribution in [1.82, 2.24) is 5.32 Å². The van der Waals surface area contributed by atoms with E-state index in [4.69, 9.17) is 9.05 Å². The number of carbonyl (C=O) groups excluding carboxylic acids is 1. The minimum Gasteiger partial charge on any atom is -0.387 e. The second-order valence-electron chi connectivity index (χ2n) is 23.1. The lowest BCUT2D eigenvalue weighted by atomic mass is 10.0. The molecule has 0 saturated carbocycles. The first-order valence-corrected chi connectivity index (χ1v) is 33.2. The fourth-order valence-corrected chi connectivity index (χ4v) is 10.4. The number of nitrogens with zero attached hydrogens (tertiary/aromatic N) is 1. The number of allylic oxidation sites excluding steroid dienone is 3. The summed E-state index contributed by atoms with van der Waals surface area (Å²) in [4.78, 5) is 23.2. The number of carbonyl (C=O) groups is 1. The Kier molecular flexibility index (Phi) is 54.0. The molecule has 72 heavy (non-hydrogen) atoms. The van der Waals surface area contributed by atoms with Crippen LogP contribution in [0.15, 0.2) is 24.3 Å².